The highest BCUT2D eigenvalue weighted by Gasteiger charge is 2.48. The minimum absolute atomic E-state index is 0.221. The molecule has 0 aromatic rings. The van der Waals surface area contributed by atoms with Gasteiger partial charge in [-0.15, -0.1) is 0 Å². The van der Waals surface area contributed by atoms with Gasteiger partial charge >= 0.3 is 5.97 Å². The lowest BCUT2D eigenvalue weighted by molar-refractivity contribution is -0.145. The maximum atomic E-state index is 12.0. The van der Waals surface area contributed by atoms with Gasteiger partial charge in [-0.1, -0.05) is 18.2 Å². The van der Waals surface area contributed by atoms with Crippen LogP contribution in [0, 0.1) is 11.8 Å². The Balaban J connectivity index is 2.31. The van der Waals surface area contributed by atoms with Crippen molar-refractivity contribution in [1.82, 2.24) is 0 Å². The van der Waals surface area contributed by atoms with Gasteiger partial charge in [-0.05, 0) is 25.3 Å². The highest BCUT2D eigenvalue weighted by atomic mass is 16.6. The van der Waals surface area contributed by atoms with Gasteiger partial charge < -0.3 is 19.7 Å². The van der Waals surface area contributed by atoms with Crippen LogP contribution in [0.4, 0.5) is 0 Å². The summed E-state index contributed by atoms with van der Waals surface area (Å²) < 4.78 is 10.5. The Labute approximate surface area is 125 Å². The summed E-state index contributed by atoms with van der Waals surface area (Å²) in [6.45, 7) is 6.04. The number of aliphatic hydroxyl groups is 2. The maximum Gasteiger partial charge on any atom is 0.312 e. The van der Waals surface area contributed by atoms with Crippen molar-refractivity contribution in [3.63, 3.8) is 0 Å². The zero-order valence-electron chi connectivity index (χ0n) is 12.6. The molecule has 1 aliphatic heterocycles. The summed E-state index contributed by atoms with van der Waals surface area (Å²) in [6.07, 6.45) is 1.58. The number of carbonyl (C=O) groups is 1. The lowest BCUT2D eigenvalue weighted by Gasteiger charge is -2.27. The predicted octanol–water partition coefficient (Wildman–Crippen LogP) is 1.20. The molecule has 2 aliphatic rings. The highest BCUT2D eigenvalue weighted by molar-refractivity contribution is 5.75. The SMILES string of the molecule is C=C1CC2OC(=O)C(COC)C2C(O)C=C(C)CCC1O. The van der Waals surface area contributed by atoms with Crippen molar-refractivity contribution < 1.29 is 24.5 Å². The van der Waals surface area contributed by atoms with E-state index in [0.29, 0.717) is 24.8 Å². The summed E-state index contributed by atoms with van der Waals surface area (Å²) in [7, 11) is 1.52. The fraction of sp³-hybridized carbons (Fsp3) is 0.688. The number of methoxy groups -OCH3 is 1. The number of allylic oxidation sites excluding steroid dienone is 1. The van der Waals surface area contributed by atoms with Crippen LogP contribution in [0.2, 0.25) is 0 Å². The minimum atomic E-state index is -0.760. The molecule has 2 rings (SSSR count). The van der Waals surface area contributed by atoms with Crippen LogP contribution < -0.4 is 0 Å². The second kappa shape index (κ2) is 6.73. The third kappa shape index (κ3) is 3.54. The number of ether oxygens (including phenoxy) is 2. The van der Waals surface area contributed by atoms with Crippen LogP contribution in [0.3, 0.4) is 0 Å². The van der Waals surface area contributed by atoms with Crippen molar-refractivity contribution in [2.45, 2.75) is 44.5 Å². The number of esters is 1. The minimum Gasteiger partial charge on any atom is -0.461 e. The molecule has 21 heavy (non-hydrogen) atoms. The van der Waals surface area contributed by atoms with Crippen LogP contribution in [0.1, 0.15) is 26.2 Å². The Hall–Kier alpha value is -1.17. The van der Waals surface area contributed by atoms with E-state index in [2.05, 4.69) is 6.58 Å². The van der Waals surface area contributed by atoms with Crippen molar-refractivity contribution >= 4 is 5.97 Å². The normalized spacial score (nSPS) is 37.7. The Morgan fingerprint density at radius 3 is 2.86 bits per heavy atom. The molecule has 0 spiro atoms. The summed E-state index contributed by atoms with van der Waals surface area (Å²) in [6, 6.07) is 0. The quantitative estimate of drug-likeness (QED) is 0.591. The molecule has 118 valence electrons. The molecular formula is C16H24O5. The van der Waals surface area contributed by atoms with Crippen LogP contribution in [0.5, 0.6) is 0 Å². The molecule has 5 heteroatoms. The van der Waals surface area contributed by atoms with E-state index >= 15 is 0 Å². The first-order chi connectivity index (χ1) is 9.93. The fourth-order valence-corrected chi connectivity index (χ4v) is 3.17. The zero-order chi connectivity index (χ0) is 15.6. The van der Waals surface area contributed by atoms with E-state index in [9.17, 15) is 15.0 Å². The Morgan fingerprint density at radius 1 is 1.48 bits per heavy atom. The van der Waals surface area contributed by atoms with Crippen LogP contribution in [0.25, 0.3) is 0 Å². The number of carbonyl (C=O) groups excluding carboxylic acids is 1. The summed E-state index contributed by atoms with van der Waals surface area (Å²) in [5, 5.41) is 20.6. The van der Waals surface area contributed by atoms with Gasteiger partial charge in [-0.2, -0.15) is 0 Å². The Bertz CT molecular complexity index is 442. The maximum absolute atomic E-state index is 12.0. The fourth-order valence-electron chi connectivity index (χ4n) is 3.17. The first-order valence-corrected chi connectivity index (χ1v) is 7.34. The van der Waals surface area contributed by atoms with Gasteiger partial charge in [0, 0.05) is 19.4 Å². The van der Waals surface area contributed by atoms with E-state index in [0.717, 1.165) is 5.57 Å². The van der Waals surface area contributed by atoms with Gasteiger partial charge in [-0.25, -0.2) is 0 Å². The first-order valence-electron chi connectivity index (χ1n) is 7.34. The monoisotopic (exact) mass is 296 g/mol. The summed E-state index contributed by atoms with van der Waals surface area (Å²) in [5.41, 5.74) is 1.64. The number of fused-ring (bicyclic) bond motifs is 1. The van der Waals surface area contributed by atoms with Gasteiger partial charge in [0.2, 0.25) is 0 Å². The van der Waals surface area contributed by atoms with Gasteiger partial charge in [-0.3, -0.25) is 4.79 Å². The van der Waals surface area contributed by atoms with Gasteiger partial charge in [0.1, 0.15) is 6.10 Å². The van der Waals surface area contributed by atoms with Gasteiger partial charge in [0.15, 0.2) is 0 Å². The lowest BCUT2D eigenvalue weighted by atomic mass is 9.81. The topological polar surface area (TPSA) is 76.0 Å². The van der Waals surface area contributed by atoms with Crippen LogP contribution in [-0.4, -0.2) is 48.2 Å². The van der Waals surface area contributed by atoms with E-state index in [1.165, 1.54) is 7.11 Å². The van der Waals surface area contributed by atoms with Crippen molar-refractivity contribution in [3.8, 4) is 0 Å². The standard InChI is InChI=1S/C16H24O5/c1-9-4-5-12(17)10(2)7-14-15(13(18)6-9)11(8-20-3)16(19)21-14/h6,11-15,17-18H,2,4-5,7-8H2,1,3H3. The third-order valence-corrected chi connectivity index (χ3v) is 4.41. The molecule has 5 unspecified atom stereocenters. The molecular weight excluding hydrogens is 272 g/mol. The molecule has 0 aromatic heterocycles. The molecule has 0 saturated carbocycles. The van der Waals surface area contributed by atoms with Crippen molar-refractivity contribution in [1.29, 1.82) is 0 Å². The zero-order valence-corrected chi connectivity index (χ0v) is 12.6. The number of aliphatic hydroxyl groups excluding tert-OH is 2. The van der Waals surface area contributed by atoms with Gasteiger partial charge in [0.25, 0.3) is 0 Å². The predicted molar refractivity (Wildman–Crippen MR) is 77.5 cm³/mol. The summed E-state index contributed by atoms with van der Waals surface area (Å²) >= 11 is 0. The molecule has 1 heterocycles. The average Bonchev–Trinajstić information content (AvgIpc) is 2.72. The average molecular weight is 296 g/mol. The largest absolute Gasteiger partial charge is 0.461 e. The van der Waals surface area contributed by atoms with Gasteiger partial charge in [0.05, 0.1) is 24.7 Å². The number of hydrogen-bond donors (Lipinski definition) is 2. The summed E-state index contributed by atoms with van der Waals surface area (Å²) in [4.78, 5) is 12.0. The lowest BCUT2D eigenvalue weighted by Crippen LogP contribution is -2.35. The molecule has 0 bridgehead atoms. The Kier molecular flexibility index (Phi) is 5.19. The second-order valence-corrected chi connectivity index (χ2v) is 6.03. The van der Waals surface area contributed by atoms with Crippen molar-refractivity contribution in [2.24, 2.45) is 11.8 Å². The van der Waals surface area contributed by atoms with Crippen molar-refractivity contribution in [3.05, 3.63) is 23.8 Å². The summed E-state index contributed by atoms with van der Waals surface area (Å²) in [5.74, 6) is -1.20. The molecule has 0 aromatic carbocycles. The third-order valence-electron chi connectivity index (χ3n) is 4.41. The Morgan fingerprint density at radius 2 is 2.19 bits per heavy atom. The molecule has 0 radical (unpaired) electrons. The van der Waals surface area contributed by atoms with E-state index < -0.39 is 24.2 Å². The molecule has 1 aliphatic carbocycles. The molecule has 1 fully saturated rings. The van der Waals surface area contributed by atoms with E-state index in [4.69, 9.17) is 9.47 Å². The molecule has 0 amide bonds. The second-order valence-electron chi connectivity index (χ2n) is 6.03. The van der Waals surface area contributed by atoms with Crippen LogP contribution in [0.15, 0.2) is 23.8 Å². The first kappa shape index (κ1) is 16.2. The van der Waals surface area contributed by atoms with Crippen LogP contribution in [-0.2, 0) is 14.3 Å². The molecule has 1 saturated heterocycles. The molecule has 5 nitrogen and oxygen atoms in total. The van der Waals surface area contributed by atoms with E-state index in [-0.39, 0.29) is 18.5 Å². The van der Waals surface area contributed by atoms with E-state index in [1.54, 1.807) is 6.08 Å². The van der Waals surface area contributed by atoms with Crippen LogP contribution >= 0.6 is 0 Å². The molecule has 2 N–H and O–H groups in total. The number of rotatable bonds is 2. The van der Waals surface area contributed by atoms with Crippen molar-refractivity contribution in [2.75, 3.05) is 13.7 Å². The highest BCUT2D eigenvalue weighted by Crippen LogP contribution is 2.37. The van der Waals surface area contributed by atoms with E-state index in [1.807, 2.05) is 6.92 Å². The number of hydrogen-bond acceptors (Lipinski definition) is 5. The smallest absolute Gasteiger partial charge is 0.312 e. The molecule has 5 atom stereocenters.